The minimum Gasteiger partial charge on any atom is -0.468 e. The molecule has 1 N–H and O–H groups in total. The lowest BCUT2D eigenvalue weighted by Crippen LogP contribution is -2.13. The van der Waals surface area contributed by atoms with Crippen molar-refractivity contribution in [3.05, 3.63) is 29.8 Å². The summed E-state index contributed by atoms with van der Waals surface area (Å²) in [6, 6.07) is 8.09. The van der Waals surface area contributed by atoms with Crippen LogP contribution in [0.3, 0.4) is 0 Å². The van der Waals surface area contributed by atoms with Crippen LogP contribution in [0, 0.1) is 0 Å². The Morgan fingerprint density at radius 1 is 1.25 bits per heavy atom. The molecule has 90 valence electrons. The predicted molar refractivity (Wildman–Crippen MR) is 65.6 cm³/mol. The van der Waals surface area contributed by atoms with Gasteiger partial charge in [0.15, 0.2) is 6.79 Å². The van der Waals surface area contributed by atoms with Gasteiger partial charge in [-0.1, -0.05) is 19.1 Å². The molecule has 0 amide bonds. The first kappa shape index (κ1) is 13.0. The maximum atomic E-state index is 5.44. The first-order valence-corrected chi connectivity index (χ1v) is 5.87. The van der Waals surface area contributed by atoms with Gasteiger partial charge < -0.3 is 14.8 Å². The van der Waals surface area contributed by atoms with Crippen molar-refractivity contribution in [1.82, 2.24) is 5.32 Å². The standard InChI is InChI=1S/C13H21NO2/c1-3-8-14-10-12-6-5-7-13(9-12)16-11-15-4-2/h5-7,9,14H,3-4,8,10-11H2,1-2H3. The van der Waals surface area contributed by atoms with E-state index in [1.165, 1.54) is 5.56 Å². The van der Waals surface area contributed by atoms with Crippen LogP contribution in [-0.4, -0.2) is 19.9 Å². The van der Waals surface area contributed by atoms with E-state index < -0.39 is 0 Å². The van der Waals surface area contributed by atoms with Gasteiger partial charge in [-0.2, -0.15) is 0 Å². The van der Waals surface area contributed by atoms with Crippen LogP contribution < -0.4 is 10.1 Å². The SMILES string of the molecule is CCCNCc1cccc(OCOCC)c1. The molecule has 16 heavy (non-hydrogen) atoms. The molecule has 3 nitrogen and oxygen atoms in total. The van der Waals surface area contributed by atoms with Gasteiger partial charge in [0.05, 0.1) is 0 Å². The molecule has 0 saturated heterocycles. The number of benzene rings is 1. The molecule has 0 saturated carbocycles. The van der Waals surface area contributed by atoms with E-state index in [2.05, 4.69) is 18.3 Å². The zero-order valence-electron chi connectivity index (χ0n) is 10.2. The fourth-order valence-electron chi connectivity index (χ4n) is 1.35. The third kappa shape index (κ3) is 5.14. The van der Waals surface area contributed by atoms with Crippen molar-refractivity contribution in [3.8, 4) is 5.75 Å². The van der Waals surface area contributed by atoms with E-state index in [9.17, 15) is 0 Å². The van der Waals surface area contributed by atoms with Crippen LogP contribution in [-0.2, 0) is 11.3 Å². The lowest BCUT2D eigenvalue weighted by atomic mass is 10.2. The summed E-state index contributed by atoms with van der Waals surface area (Å²) in [6.07, 6.45) is 1.15. The molecule has 0 heterocycles. The number of nitrogens with one attached hydrogen (secondary N) is 1. The molecule has 3 heteroatoms. The fraction of sp³-hybridized carbons (Fsp3) is 0.538. The van der Waals surface area contributed by atoms with E-state index in [4.69, 9.17) is 9.47 Å². The van der Waals surface area contributed by atoms with Gasteiger partial charge in [-0.3, -0.25) is 0 Å². The number of ether oxygens (including phenoxy) is 2. The molecule has 0 radical (unpaired) electrons. The fourth-order valence-corrected chi connectivity index (χ4v) is 1.35. The summed E-state index contributed by atoms with van der Waals surface area (Å²) < 4.78 is 10.6. The summed E-state index contributed by atoms with van der Waals surface area (Å²) in [5.74, 6) is 0.865. The molecule has 0 aliphatic heterocycles. The van der Waals surface area contributed by atoms with Gasteiger partial charge in [-0.05, 0) is 37.6 Å². The summed E-state index contributed by atoms with van der Waals surface area (Å²) in [5.41, 5.74) is 1.24. The first-order chi connectivity index (χ1) is 7.86. The van der Waals surface area contributed by atoms with Crippen molar-refractivity contribution in [2.75, 3.05) is 19.9 Å². The van der Waals surface area contributed by atoms with E-state index in [1.54, 1.807) is 0 Å². The maximum Gasteiger partial charge on any atom is 0.189 e. The minimum absolute atomic E-state index is 0.322. The highest BCUT2D eigenvalue weighted by molar-refractivity contribution is 5.28. The van der Waals surface area contributed by atoms with Crippen molar-refractivity contribution in [2.24, 2.45) is 0 Å². The van der Waals surface area contributed by atoms with Gasteiger partial charge in [0, 0.05) is 13.2 Å². The maximum absolute atomic E-state index is 5.44. The first-order valence-electron chi connectivity index (χ1n) is 5.87. The molecular weight excluding hydrogens is 202 g/mol. The van der Waals surface area contributed by atoms with E-state index in [1.807, 2.05) is 25.1 Å². The quantitative estimate of drug-likeness (QED) is 0.542. The number of hydrogen-bond acceptors (Lipinski definition) is 3. The van der Waals surface area contributed by atoms with Gasteiger partial charge in [0.2, 0.25) is 0 Å². The Labute approximate surface area is 97.8 Å². The number of hydrogen-bond donors (Lipinski definition) is 1. The largest absolute Gasteiger partial charge is 0.468 e. The summed E-state index contributed by atoms with van der Waals surface area (Å²) in [5, 5.41) is 3.36. The van der Waals surface area contributed by atoms with Crippen LogP contribution in [0.4, 0.5) is 0 Å². The summed E-state index contributed by atoms with van der Waals surface area (Å²) >= 11 is 0. The van der Waals surface area contributed by atoms with Gasteiger partial charge in [0.1, 0.15) is 5.75 Å². The van der Waals surface area contributed by atoms with E-state index in [0.29, 0.717) is 13.4 Å². The smallest absolute Gasteiger partial charge is 0.189 e. The Bertz CT molecular complexity index is 264. The molecule has 1 aromatic rings. The highest BCUT2D eigenvalue weighted by atomic mass is 16.7. The third-order valence-corrected chi connectivity index (χ3v) is 2.17. The number of rotatable bonds is 8. The Hall–Kier alpha value is -1.06. The summed E-state index contributed by atoms with van der Waals surface area (Å²) in [6.45, 7) is 7.05. The Morgan fingerprint density at radius 3 is 2.88 bits per heavy atom. The van der Waals surface area contributed by atoms with Gasteiger partial charge in [0.25, 0.3) is 0 Å². The second kappa shape index (κ2) is 8.13. The van der Waals surface area contributed by atoms with Gasteiger partial charge >= 0.3 is 0 Å². The highest BCUT2D eigenvalue weighted by Crippen LogP contribution is 2.13. The summed E-state index contributed by atoms with van der Waals surface area (Å²) in [7, 11) is 0. The van der Waals surface area contributed by atoms with Crippen molar-refractivity contribution >= 4 is 0 Å². The monoisotopic (exact) mass is 223 g/mol. The summed E-state index contributed by atoms with van der Waals surface area (Å²) in [4.78, 5) is 0. The van der Waals surface area contributed by atoms with Gasteiger partial charge in [-0.25, -0.2) is 0 Å². The van der Waals surface area contributed by atoms with Crippen molar-refractivity contribution in [2.45, 2.75) is 26.8 Å². The van der Waals surface area contributed by atoms with Gasteiger partial charge in [-0.15, -0.1) is 0 Å². The molecule has 0 bridgehead atoms. The van der Waals surface area contributed by atoms with Crippen LogP contribution in [0.1, 0.15) is 25.8 Å². The molecule has 0 aromatic heterocycles. The molecular formula is C13H21NO2. The van der Waals surface area contributed by atoms with Crippen molar-refractivity contribution < 1.29 is 9.47 Å². The average molecular weight is 223 g/mol. The Balaban J connectivity index is 2.37. The zero-order valence-corrected chi connectivity index (χ0v) is 10.2. The third-order valence-electron chi connectivity index (χ3n) is 2.17. The lowest BCUT2D eigenvalue weighted by molar-refractivity contribution is 0.0224. The van der Waals surface area contributed by atoms with Crippen molar-refractivity contribution in [1.29, 1.82) is 0 Å². The highest BCUT2D eigenvalue weighted by Gasteiger charge is 1.96. The lowest BCUT2D eigenvalue weighted by Gasteiger charge is -2.08. The normalized spacial score (nSPS) is 10.4. The van der Waals surface area contributed by atoms with Crippen LogP contribution in [0.15, 0.2) is 24.3 Å². The Morgan fingerprint density at radius 2 is 2.12 bits per heavy atom. The molecule has 1 aromatic carbocycles. The second-order valence-electron chi connectivity index (χ2n) is 3.58. The molecule has 0 unspecified atom stereocenters. The second-order valence-corrected chi connectivity index (χ2v) is 3.58. The van der Waals surface area contributed by atoms with E-state index in [0.717, 1.165) is 25.3 Å². The molecule has 0 spiro atoms. The zero-order chi connectivity index (χ0) is 11.6. The molecule has 0 aliphatic carbocycles. The van der Waals surface area contributed by atoms with E-state index >= 15 is 0 Å². The topological polar surface area (TPSA) is 30.5 Å². The van der Waals surface area contributed by atoms with Crippen LogP contribution >= 0.6 is 0 Å². The predicted octanol–water partition coefficient (Wildman–Crippen LogP) is 2.56. The van der Waals surface area contributed by atoms with E-state index in [-0.39, 0.29) is 0 Å². The van der Waals surface area contributed by atoms with Crippen LogP contribution in [0.5, 0.6) is 5.75 Å². The van der Waals surface area contributed by atoms with Crippen LogP contribution in [0.25, 0.3) is 0 Å². The van der Waals surface area contributed by atoms with Crippen LogP contribution in [0.2, 0.25) is 0 Å². The molecule has 0 aliphatic rings. The average Bonchev–Trinajstić information content (AvgIpc) is 2.30. The Kier molecular flexibility index (Phi) is 6.61. The molecule has 0 atom stereocenters. The molecule has 0 fully saturated rings. The van der Waals surface area contributed by atoms with Crippen molar-refractivity contribution in [3.63, 3.8) is 0 Å². The minimum atomic E-state index is 0.322. The molecule has 1 rings (SSSR count).